The van der Waals surface area contributed by atoms with Crippen molar-refractivity contribution >= 4 is 9.84 Å². The van der Waals surface area contributed by atoms with Crippen molar-refractivity contribution in [1.29, 1.82) is 0 Å². The molecule has 1 heterocycles. The molecule has 0 aromatic heterocycles. The largest absolute Gasteiger partial charge is 0.313 e. The van der Waals surface area contributed by atoms with Gasteiger partial charge in [-0.15, -0.1) is 0 Å². The molecular weight excluding hydrogens is 272 g/mol. The van der Waals surface area contributed by atoms with Crippen molar-refractivity contribution in [2.45, 2.75) is 59.0 Å². The summed E-state index contributed by atoms with van der Waals surface area (Å²) in [6.45, 7) is 11.0. The summed E-state index contributed by atoms with van der Waals surface area (Å²) < 4.78 is 23.1. The lowest BCUT2D eigenvalue weighted by Crippen LogP contribution is -2.44. The summed E-state index contributed by atoms with van der Waals surface area (Å²) in [6.07, 6.45) is 3.00. The van der Waals surface area contributed by atoms with Crippen LogP contribution >= 0.6 is 0 Å². The molecule has 0 bridgehead atoms. The molecule has 0 spiro atoms. The van der Waals surface area contributed by atoms with Crippen LogP contribution in [0.15, 0.2) is 0 Å². The van der Waals surface area contributed by atoms with E-state index in [1.807, 2.05) is 0 Å². The first-order chi connectivity index (χ1) is 9.15. The van der Waals surface area contributed by atoms with Crippen molar-refractivity contribution < 1.29 is 8.42 Å². The molecule has 0 saturated carbocycles. The second kappa shape index (κ2) is 7.23. The molecule has 0 aromatic carbocycles. The molecule has 0 amide bonds. The van der Waals surface area contributed by atoms with Crippen molar-refractivity contribution in [2.24, 2.45) is 5.41 Å². The lowest BCUT2D eigenvalue weighted by atomic mass is 9.84. The highest BCUT2D eigenvalue weighted by molar-refractivity contribution is 7.91. The van der Waals surface area contributed by atoms with Crippen LogP contribution in [-0.2, 0) is 9.84 Å². The fraction of sp³-hybridized carbons (Fsp3) is 1.00. The Bertz CT molecular complexity index is 387. The van der Waals surface area contributed by atoms with Gasteiger partial charge in [-0.1, -0.05) is 27.7 Å². The molecule has 1 rings (SSSR count). The van der Waals surface area contributed by atoms with Gasteiger partial charge in [-0.3, -0.25) is 0 Å². The van der Waals surface area contributed by atoms with E-state index in [-0.39, 0.29) is 11.5 Å². The summed E-state index contributed by atoms with van der Waals surface area (Å²) in [4.78, 5) is 2.23. The van der Waals surface area contributed by atoms with Crippen LogP contribution in [-0.4, -0.2) is 57.0 Å². The van der Waals surface area contributed by atoms with Gasteiger partial charge in [-0.25, -0.2) is 8.42 Å². The first-order valence-electron chi connectivity index (χ1n) is 7.80. The van der Waals surface area contributed by atoms with Crippen molar-refractivity contribution in [3.8, 4) is 0 Å². The minimum Gasteiger partial charge on any atom is -0.313 e. The Hall–Kier alpha value is -0.130. The topological polar surface area (TPSA) is 49.4 Å². The molecule has 2 unspecified atom stereocenters. The molecule has 1 aliphatic heterocycles. The molecule has 0 aromatic rings. The SMILES string of the molecule is CCCNC(CCN(C)C1CCS(=O)(=O)C1)C(C)(C)C. The first kappa shape index (κ1) is 17.9. The quantitative estimate of drug-likeness (QED) is 0.780. The predicted molar refractivity (Wildman–Crippen MR) is 85.8 cm³/mol. The summed E-state index contributed by atoms with van der Waals surface area (Å²) in [7, 11) is -0.718. The lowest BCUT2D eigenvalue weighted by Gasteiger charge is -2.34. The van der Waals surface area contributed by atoms with E-state index in [1.54, 1.807) is 0 Å². The molecule has 1 saturated heterocycles. The van der Waals surface area contributed by atoms with Gasteiger partial charge in [0, 0.05) is 12.1 Å². The van der Waals surface area contributed by atoms with Gasteiger partial charge in [0.15, 0.2) is 9.84 Å². The van der Waals surface area contributed by atoms with Gasteiger partial charge in [-0.2, -0.15) is 0 Å². The maximum atomic E-state index is 11.5. The molecule has 2 atom stereocenters. The molecule has 1 N–H and O–H groups in total. The molecule has 0 radical (unpaired) electrons. The third-order valence-electron chi connectivity index (χ3n) is 4.29. The maximum absolute atomic E-state index is 11.5. The second-order valence-electron chi connectivity index (χ2n) is 7.20. The Kier molecular flexibility index (Phi) is 6.48. The van der Waals surface area contributed by atoms with E-state index in [1.165, 1.54) is 0 Å². The fourth-order valence-electron chi connectivity index (χ4n) is 2.80. The van der Waals surface area contributed by atoms with E-state index < -0.39 is 9.84 Å². The van der Waals surface area contributed by atoms with Gasteiger partial charge in [0.05, 0.1) is 11.5 Å². The zero-order valence-electron chi connectivity index (χ0n) is 13.8. The zero-order chi connectivity index (χ0) is 15.4. The highest BCUT2D eigenvalue weighted by atomic mass is 32.2. The Labute approximate surface area is 125 Å². The standard InChI is InChI=1S/C15H32N2O2S/c1-6-9-16-14(15(2,3)4)7-10-17(5)13-8-11-20(18,19)12-13/h13-14,16H,6-12H2,1-5H3. The predicted octanol–water partition coefficient (Wildman–Crippen LogP) is 1.91. The van der Waals surface area contributed by atoms with Crippen molar-refractivity contribution in [2.75, 3.05) is 31.6 Å². The van der Waals surface area contributed by atoms with E-state index in [0.29, 0.717) is 17.5 Å². The number of hydrogen-bond donors (Lipinski definition) is 1. The van der Waals surface area contributed by atoms with Gasteiger partial charge in [0.25, 0.3) is 0 Å². The minimum absolute atomic E-state index is 0.215. The van der Waals surface area contributed by atoms with Crippen LogP contribution in [0.1, 0.15) is 47.0 Å². The van der Waals surface area contributed by atoms with Crippen LogP contribution in [0.4, 0.5) is 0 Å². The smallest absolute Gasteiger partial charge is 0.151 e. The summed E-state index contributed by atoms with van der Waals surface area (Å²) >= 11 is 0. The van der Waals surface area contributed by atoms with Crippen LogP contribution in [0.3, 0.4) is 0 Å². The monoisotopic (exact) mass is 304 g/mol. The van der Waals surface area contributed by atoms with Crippen LogP contribution in [0, 0.1) is 5.41 Å². The normalized spacial score (nSPS) is 24.2. The summed E-state index contributed by atoms with van der Waals surface area (Å²) in [5.74, 6) is 0.699. The van der Waals surface area contributed by atoms with Gasteiger partial charge in [-0.05, 0) is 44.8 Å². The summed E-state index contributed by atoms with van der Waals surface area (Å²) in [5, 5.41) is 3.63. The Morgan fingerprint density at radius 3 is 2.45 bits per heavy atom. The lowest BCUT2D eigenvalue weighted by molar-refractivity contribution is 0.199. The molecule has 4 nitrogen and oxygen atoms in total. The maximum Gasteiger partial charge on any atom is 0.151 e. The number of hydrogen-bond acceptors (Lipinski definition) is 4. The number of sulfone groups is 1. The Balaban J connectivity index is 2.46. The number of nitrogens with zero attached hydrogens (tertiary/aromatic N) is 1. The average molecular weight is 305 g/mol. The summed E-state index contributed by atoms with van der Waals surface area (Å²) in [6, 6.07) is 0.690. The van der Waals surface area contributed by atoms with Crippen LogP contribution < -0.4 is 5.32 Å². The van der Waals surface area contributed by atoms with E-state index in [4.69, 9.17) is 0 Å². The van der Waals surface area contributed by atoms with Crippen molar-refractivity contribution in [3.63, 3.8) is 0 Å². The fourth-order valence-corrected chi connectivity index (χ4v) is 4.60. The minimum atomic E-state index is -2.78. The third-order valence-corrected chi connectivity index (χ3v) is 6.04. The highest BCUT2D eigenvalue weighted by Gasteiger charge is 2.31. The number of nitrogens with one attached hydrogen (secondary N) is 1. The molecule has 1 fully saturated rings. The molecule has 120 valence electrons. The summed E-state index contributed by atoms with van der Waals surface area (Å²) in [5.41, 5.74) is 0.234. The number of rotatable bonds is 7. The second-order valence-corrected chi connectivity index (χ2v) is 9.43. The van der Waals surface area contributed by atoms with Gasteiger partial charge < -0.3 is 10.2 Å². The average Bonchev–Trinajstić information content (AvgIpc) is 2.67. The van der Waals surface area contributed by atoms with Crippen LogP contribution in [0.25, 0.3) is 0 Å². The first-order valence-corrected chi connectivity index (χ1v) is 9.62. The van der Waals surface area contributed by atoms with E-state index in [9.17, 15) is 8.42 Å². The van der Waals surface area contributed by atoms with Crippen molar-refractivity contribution in [1.82, 2.24) is 10.2 Å². The van der Waals surface area contributed by atoms with E-state index >= 15 is 0 Å². The van der Waals surface area contributed by atoms with Crippen LogP contribution in [0.2, 0.25) is 0 Å². The van der Waals surface area contributed by atoms with E-state index in [2.05, 4.69) is 45.0 Å². The Morgan fingerprint density at radius 2 is 2.00 bits per heavy atom. The molecular formula is C15H32N2O2S. The zero-order valence-corrected chi connectivity index (χ0v) is 14.6. The Morgan fingerprint density at radius 1 is 1.35 bits per heavy atom. The molecule has 5 heteroatoms. The van der Waals surface area contributed by atoms with Gasteiger partial charge in [0.2, 0.25) is 0 Å². The third kappa shape index (κ3) is 5.70. The highest BCUT2D eigenvalue weighted by Crippen LogP contribution is 2.23. The van der Waals surface area contributed by atoms with Crippen LogP contribution in [0.5, 0.6) is 0 Å². The van der Waals surface area contributed by atoms with Crippen molar-refractivity contribution in [3.05, 3.63) is 0 Å². The molecule has 1 aliphatic rings. The molecule has 20 heavy (non-hydrogen) atoms. The van der Waals surface area contributed by atoms with Gasteiger partial charge >= 0.3 is 0 Å². The van der Waals surface area contributed by atoms with Gasteiger partial charge in [0.1, 0.15) is 0 Å². The molecule has 0 aliphatic carbocycles. The van der Waals surface area contributed by atoms with E-state index in [0.717, 1.165) is 32.4 Å².